The van der Waals surface area contributed by atoms with Gasteiger partial charge in [-0.05, 0) is 29.2 Å². The van der Waals surface area contributed by atoms with E-state index >= 15 is 0 Å². The van der Waals surface area contributed by atoms with Gasteiger partial charge in [-0.3, -0.25) is 9.59 Å². The van der Waals surface area contributed by atoms with Crippen LogP contribution >= 0.6 is 0 Å². The lowest BCUT2D eigenvalue weighted by Crippen LogP contribution is -2.43. The van der Waals surface area contributed by atoms with E-state index in [1.54, 1.807) is 11.8 Å². The summed E-state index contributed by atoms with van der Waals surface area (Å²) in [4.78, 5) is 28.7. The Morgan fingerprint density at radius 1 is 1.00 bits per heavy atom. The number of amides is 1. The van der Waals surface area contributed by atoms with Crippen molar-refractivity contribution in [2.45, 2.75) is 39.8 Å². The number of hydrogen-bond acceptors (Lipinski definition) is 4. The third-order valence-corrected chi connectivity index (χ3v) is 6.71. The number of carbonyl (C=O) groups excluding carboxylic acids is 2. The molecule has 178 valence electrons. The van der Waals surface area contributed by atoms with Gasteiger partial charge in [-0.2, -0.15) is 0 Å². The molecule has 3 aromatic carbocycles. The van der Waals surface area contributed by atoms with E-state index < -0.39 is 12.0 Å². The maximum atomic E-state index is 13.7. The second kappa shape index (κ2) is 9.06. The lowest BCUT2D eigenvalue weighted by molar-refractivity contribution is -0.125. The largest absolute Gasteiger partial charge is 0.489 e. The molecule has 1 N–H and O–H groups in total. The first kappa shape index (κ1) is 22.9. The Kier molecular flexibility index (Phi) is 5.93. The molecular formula is C30H30N2O3. The van der Waals surface area contributed by atoms with Crippen molar-refractivity contribution in [2.24, 2.45) is 11.3 Å². The quantitative estimate of drug-likeness (QED) is 0.491. The van der Waals surface area contributed by atoms with E-state index in [-0.39, 0.29) is 17.1 Å². The van der Waals surface area contributed by atoms with Crippen LogP contribution in [0.3, 0.4) is 0 Å². The molecule has 1 aliphatic heterocycles. The molecule has 5 nitrogen and oxygen atoms in total. The Balaban J connectivity index is 1.67. The first-order valence-corrected chi connectivity index (χ1v) is 12.0. The van der Waals surface area contributed by atoms with Gasteiger partial charge in [0.25, 0.3) is 0 Å². The van der Waals surface area contributed by atoms with Crippen LogP contribution in [-0.4, -0.2) is 11.7 Å². The van der Waals surface area contributed by atoms with Gasteiger partial charge in [-0.15, -0.1) is 0 Å². The normalized spacial score (nSPS) is 20.6. The zero-order valence-electron chi connectivity index (χ0n) is 20.3. The molecule has 2 aliphatic rings. The fourth-order valence-corrected chi connectivity index (χ4v) is 5.27. The molecule has 1 aliphatic carbocycles. The Bertz CT molecular complexity index is 1300. The summed E-state index contributed by atoms with van der Waals surface area (Å²) in [6, 6.07) is 24.9. The highest BCUT2D eigenvalue weighted by atomic mass is 16.5. The zero-order valence-corrected chi connectivity index (χ0v) is 20.3. The third kappa shape index (κ3) is 4.46. The number of Topliss-reactive ketones (excluding diaryl/α,β-unsaturated/α-hetero) is 1. The minimum absolute atomic E-state index is 0.113. The highest BCUT2D eigenvalue weighted by Gasteiger charge is 2.46. The van der Waals surface area contributed by atoms with Crippen molar-refractivity contribution in [2.75, 3.05) is 10.2 Å². The summed E-state index contributed by atoms with van der Waals surface area (Å²) in [6.07, 6.45) is 2.56. The number of anilines is 2. The van der Waals surface area contributed by atoms with Crippen LogP contribution in [0.4, 0.5) is 11.4 Å². The van der Waals surface area contributed by atoms with Gasteiger partial charge in [0.15, 0.2) is 0 Å². The zero-order chi connectivity index (χ0) is 24.6. The van der Waals surface area contributed by atoms with Gasteiger partial charge in [0.05, 0.1) is 23.3 Å². The van der Waals surface area contributed by atoms with E-state index in [2.05, 4.69) is 25.2 Å². The van der Waals surface area contributed by atoms with Gasteiger partial charge in [-0.1, -0.05) is 80.6 Å². The summed E-state index contributed by atoms with van der Waals surface area (Å²) < 4.78 is 6.30. The number of nitrogens with zero attached hydrogens (tertiary/aromatic N) is 1. The van der Waals surface area contributed by atoms with E-state index in [1.807, 2.05) is 78.9 Å². The van der Waals surface area contributed by atoms with Gasteiger partial charge in [0.1, 0.15) is 18.1 Å². The minimum Gasteiger partial charge on any atom is -0.489 e. The van der Waals surface area contributed by atoms with Gasteiger partial charge >= 0.3 is 0 Å². The SMILES string of the molecule is CC(=O)N1c2ccccc2NC2=CC(C)(C)CC(=O)C2C1c1ccccc1OCc1ccccc1. The molecule has 5 rings (SSSR count). The molecule has 0 spiro atoms. The highest BCUT2D eigenvalue weighted by Crippen LogP contribution is 2.50. The van der Waals surface area contributed by atoms with Crippen molar-refractivity contribution < 1.29 is 14.3 Å². The van der Waals surface area contributed by atoms with E-state index in [0.717, 1.165) is 28.2 Å². The van der Waals surface area contributed by atoms with Crippen molar-refractivity contribution in [3.8, 4) is 5.75 Å². The molecule has 0 saturated carbocycles. The molecule has 1 amide bonds. The predicted octanol–water partition coefficient (Wildman–Crippen LogP) is 6.28. The summed E-state index contributed by atoms with van der Waals surface area (Å²) in [5.74, 6) is 0.132. The number of carbonyl (C=O) groups is 2. The number of allylic oxidation sites excluding steroid dienone is 1. The van der Waals surface area contributed by atoms with Gasteiger partial charge in [-0.25, -0.2) is 0 Å². The Labute approximate surface area is 206 Å². The van der Waals surface area contributed by atoms with Gasteiger partial charge in [0.2, 0.25) is 5.91 Å². The summed E-state index contributed by atoms with van der Waals surface area (Å²) in [5, 5.41) is 3.51. The van der Waals surface area contributed by atoms with Crippen LogP contribution in [-0.2, 0) is 16.2 Å². The molecule has 0 radical (unpaired) electrons. The highest BCUT2D eigenvalue weighted by molar-refractivity contribution is 6.00. The molecule has 0 bridgehead atoms. The Morgan fingerprint density at radius 2 is 1.69 bits per heavy atom. The second-order valence-corrected chi connectivity index (χ2v) is 10.00. The van der Waals surface area contributed by atoms with Crippen LogP contribution in [0, 0.1) is 11.3 Å². The van der Waals surface area contributed by atoms with Crippen LogP contribution in [0.2, 0.25) is 0 Å². The molecule has 5 heteroatoms. The lowest BCUT2D eigenvalue weighted by atomic mass is 9.72. The predicted molar refractivity (Wildman–Crippen MR) is 138 cm³/mol. The van der Waals surface area contributed by atoms with Crippen LogP contribution in [0.25, 0.3) is 0 Å². The molecule has 0 fully saturated rings. The van der Waals surface area contributed by atoms with E-state index in [0.29, 0.717) is 18.8 Å². The van der Waals surface area contributed by atoms with Crippen LogP contribution in [0.15, 0.2) is 90.6 Å². The first-order chi connectivity index (χ1) is 16.8. The maximum Gasteiger partial charge on any atom is 0.224 e. The summed E-state index contributed by atoms with van der Waals surface area (Å²) in [5.41, 5.74) is 4.00. The summed E-state index contributed by atoms with van der Waals surface area (Å²) in [6.45, 7) is 6.10. The molecule has 2 unspecified atom stereocenters. The van der Waals surface area contributed by atoms with Crippen LogP contribution in [0.5, 0.6) is 5.75 Å². The average molecular weight is 467 g/mol. The average Bonchev–Trinajstić information content (AvgIpc) is 2.97. The minimum atomic E-state index is -0.537. The Morgan fingerprint density at radius 3 is 2.46 bits per heavy atom. The monoisotopic (exact) mass is 466 g/mol. The number of ether oxygens (including phenoxy) is 1. The number of nitrogens with one attached hydrogen (secondary N) is 1. The van der Waals surface area contributed by atoms with Crippen molar-refractivity contribution in [3.05, 3.63) is 102 Å². The van der Waals surface area contributed by atoms with Crippen LogP contribution < -0.4 is 15.0 Å². The second-order valence-electron chi connectivity index (χ2n) is 10.00. The Hall–Kier alpha value is -3.86. The van der Waals surface area contributed by atoms with Crippen molar-refractivity contribution in [1.82, 2.24) is 0 Å². The summed E-state index contributed by atoms with van der Waals surface area (Å²) >= 11 is 0. The summed E-state index contributed by atoms with van der Waals surface area (Å²) in [7, 11) is 0. The maximum absolute atomic E-state index is 13.7. The van der Waals surface area contributed by atoms with Crippen LogP contribution in [0.1, 0.15) is 44.4 Å². The fraction of sp³-hybridized carbons (Fsp3) is 0.267. The number of hydrogen-bond donors (Lipinski definition) is 1. The van der Waals surface area contributed by atoms with Crippen molar-refractivity contribution in [3.63, 3.8) is 0 Å². The topological polar surface area (TPSA) is 58.6 Å². The smallest absolute Gasteiger partial charge is 0.224 e. The number of ketones is 1. The van der Waals surface area contributed by atoms with E-state index in [9.17, 15) is 9.59 Å². The van der Waals surface area contributed by atoms with Gasteiger partial charge in [0, 0.05) is 24.6 Å². The third-order valence-electron chi connectivity index (χ3n) is 6.71. The molecule has 0 saturated heterocycles. The number of fused-ring (bicyclic) bond motifs is 2. The molecule has 3 aromatic rings. The fourth-order valence-electron chi connectivity index (χ4n) is 5.27. The molecular weight excluding hydrogens is 436 g/mol. The van der Waals surface area contributed by atoms with E-state index in [1.165, 1.54) is 0 Å². The number of rotatable bonds is 4. The number of para-hydroxylation sites is 3. The lowest BCUT2D eigenvalue weighted by Gasteiger charge is -2.39. The molecule has 0 aromatic heterocycles. The molecule has 2 atom stereocenters. The van der Waals surface area contributed by atoms with Gasteiger partial charge < -0.3 is 15.0 Å². The van der Waals surface area contributed by atoms with E-state index in [4.69, 9.17) is 4.74 Å². The first-order valence-electron chi connectivity index (χ1n) is 12.0. The standard InChI is InChI=1S/C30H30N2O3/c1-20(33)32-25-15-9-8-14-23(25)31-24-17-30(2,3)18-26(34)28(24)29(32)22-13-7-10-16-27(22)35-19-21-11-5-4-6-12-21/h4-17,28-29,31H,18-19H2,1-3H3. The van der Waals surface area contributed by atoms with Crippen molar-refractivity contribution >= 4 is 23.1 Å². The number of benzene rings is 3. The molecule has 1 heterocycles. The van der Waals surface area contributed by atoms with Crippen molar-refractivity contribution in [1.29, 1.82) is 0 Å². The molecule has 35 heavy (non-hydrogen) atoms.